The minimum atomic E-state index is -0.493. The van der Waals surface area contributed by atoms with E-state index in [9.17, 15) is 9.18 Å². The summed E-state index contributed by atoms with van der Waals surface area (Å²) in [6.45, 7) is 0.981. The minimum Gasteiger partial charge on any atom is -0.352 e. The van der Waals surface area contributed by atoms with E-state index in [0.717, 1.165) is 0 Å². The predicted octanol–water partition coefficient (Wildman–Crippen LogP) is 1.93. The molecule has 0 unspecified atom stereocenters. The molecule has 0 saturated carbocycles. The zero-order valence-corrected chi connectivity index (χ0v) is 11.5. The Labute approximate surface area is 114 Å². The second kappa shape index (κ2) is 7.81. The van der Waals surface area contributed by atoms with Crippen LogP contribution in [0.4, 0.5) is 4.39 Å². The lowest BCUT2D eigenvalue weighted by molar-refractivity contribution is 0.0948. The quantitative estimate of drug-likeness (QED) is 0.638. The molecule has 0 spiro atoms. The van der Waals surface area contributed by atoms with Crippen LogP contribution in [0.5, 0.6) is 0 Å². The van der Waals surface area contributed by atoms with Crippen LogP contribution in [0.2, 0.25) is 0 Å². The highest BCUT2D eigenvalue weighted by Crippen LogP contribution is 2.15. The average Bonchev–Trinajstić information content (AvgIpc) is 2.18. The monoisotopic (exact) mass is 358 g/mol. The maximum atomic E-state index is 13.3. The number of carbonyl (C=O) groups is 1. The van der Waals surface area contributed by atoms with Crippen LogP contribution in [0.3, 0.4) is 0 Å². The topological polar surface area (TPSA) is 55.1 Å². The van der Waals surface area contributed by atoms with Gasteiger partial charge in [-0.2, -0.15) is 0 Å². The van der Waals surface area contributed by atoms with E-state index in [0.29, 0.717) is 23.1 Å². The Bertz CT molecular complexity index is 342. The summed E-state index contributed by atoms with van der Waals surface area (Å²) < 4.78 is 13.9. The molecule has 1 rings (SSSR count). The first-order valence-corrected chi connectivity index (χ1v) is 5.67. The van der Waals surface area contributed by atoms with Crippen molar-refractivity contribution in [2.24, 2.45) is 5.73 Å². The van der Waals surface area contributed by atoms with Crippen molar-refractivity contribution in [2.45, 2.75) is 6.42 Å². The van der Waals surface area contributed by atoms with Crippen LogP contribution in [-0.2, 0) is 0 Å². The van der Waals surface area contributed by atoms with Gasteiger partial charge in [0.25, 0.3) is 5.91 Å². The smallest absolute Gasteiger partial charge is 0.255 e. The van der Waals surface area contributed by atoms with Crippen molar-refractivity contribution in [2.75, 3.05) is 13.1 Å². The van der Waals surface area contributed by atoms with E-state index < -0.39 is 5.82 Å². The third-order valence-electron chi connectivity index (χ3n) is 1.86. The predicted molar refractivity (Wildman–Crippen MR) is 72.4 cm³/mol. The van der Waals surface area contributed by atoms with E-state index in [-0.39, 0.29) is 23.9 Å². The van der Waals surface area contributed by atoms with Gasteiger partial charge in [0, 0.05) is 10.1 Å². The van der Waals surface area contributed by atoms with Gasteiger partial charge < -0.3 is 11.1 Å². The maximum absolute atomic E-state index is 13.3. The van der Waals surface area contributed by atoms with Gasteiger partial charge in [-0.3, -0.25) is 4.79 Å². The average molecular weight is 359 g/mol. The molecule has 1 aromatic rings. The van der Waals surface area contributed by atoms with Gasteiger partial charge in [0.15, 0.2) is 0 Å². The number of halogens is 3. The zero-order chi connectivity index (χ0) is 11.3. The molecule has 0 aliphatic heterocycles. The second-order valence-electron chi connectivity index (χ2n) is 2.99. The van der Waals surface area contributed by atoms with E-state index in [4.69, 9.17) is 5.73 Å². The summed E-state index contributed by atoms with van der Waals surface area (Å²) in [5.74, 6) is -0.877. The largest absolute Gasteiger partial charge is 0.352 e. The molecule has 0 bridgehead atoms. The van der Waals surface area contributed by atoms with Crippen LogP contribution < -0.4 is 11.1 Å². The van der Waals surface area contributed by atoms with Crippen LogP contribution in [0.15, 0.2) is 18.2 Å². The first-order chi connectivity index (χ1) is 7.16. The third kappa shape index (κ3) is 4.23. The molecule has 0 heterocycles. The first-order valence-electron chi connectivity index (χ1n) is 4.59. The van der Waals surface area contributed by atoms with Gasteiger partial charge in [-0.1, -0.05) is 6.07 Å². The molecule has 1 amide bonds. The number of hydrogen-bond acceptors (Lipinski definition) is 2. The highest BCUT2D eigenvalue weighted by molar-refractivity contribution is 14.1. The molecule has 3 nitrogen and oxygen atoms in total. The molecule has 90 valence electrons. The molecule has 16 heavy (non-hydrogen) atoms. The van der Waals surface area contributed by atoms with Crippen LogP contribution in [-0.4, -0.2) is 19.0 Å². The van der Waals surface area contributed by atoms with Crippen molar-refractivity contribution in [3.63, 3.8) is 0 Å². The molecule has 0 fully saturated rings. The zero-order valence-electron chi connectivity index (χ0n) is 8.50. The van der Waals surface area contributed by atoms with Gasteiger partial charge in [0.2, 0.25) is 0 Å². The van der Waals surface area contributed by atoms with Crippen molar-refractivity contribution < 1.29 is 9.18 Å². The Kier molecular flexibility index (Phi) is 7.61. The van der Waals surface area contributed by atoms with E-state index in [1.54, 1.807) is 12.1 Å². The van der Waals surface area contributed by atoms with E-state index >= 15 is 0 Å². The van der Waals surface area contributed by atoms with Crippen molar-refractivity contribution in [3.05, 3.63) is 33.1 Å². The fourth-order valence-corrected chi connectivity index (χ4v) is 1.82. The standard InChI is InChI=1S/C10H12FIN2O.ClH/c11-7-3-1-4-8(12)9(7)10(15)14-6-2-5-13;/h1,3-4H,2,5-6,13H2,(H,14,15);1H. The SMILES string of the molecule is Cl.NCCCNC(=O)c1c(F)cccc1I. The third-order valence-corrected chi connectivity index (χ3v) is 2.76. The van der Waals surface area contributed by atoms with Crippen molar-refractivity contribution in [1.82, 2.24) is 5.32 Å². The summed E-state index contributed by atoms with van der Waals surface area (Å²) in [6.07, 6.45) is 0.691. The summed E-state index contributed by atoms with van der Waals surface area (Å²) in [5, 5.41) is 2.62. The molecule has 1 aromatic carbocycles. The first kappa shape index (κ1) is 15.6. The molecule has 0 aliphatic rings. The van der Waals surface area contributed by atoms with Crippen LogP contribution in [0.1, 0.15) is 16.8 Å². The Morgan fingerprint density at radius 1 is 1.50 bits per heavy atom. The number of benzene rings is 1. The van der Waals surface area contributed by atoms with Crippen LogP contribution in [0, 0.1) is 9.39 Å². The summed E-state index contributed by atoms with van der Waals surface area (Å²) in [4.78, 5) is 11.6. The molecule has 0 aliphatic carbocycles. The Morgan fingerprint density at radius 3 is 2.75 bits per heavy atom. The minimum absolute atomic E-state index is 0. The molecule has 0 atom stereocenters. The van der Waals surface area contributed by atoms with Crippen LogP contribution in [0.25, 0.3) is 0 Å². The van der Waals surface area contributed by atoms with Gasteiger partial charge in [0.1, 0.15) is 5.82 Å². The number of rotatable bonds is 4. The number of hydrogen-bond donors (Lipinski definition) is 2. The second-order valence-corrected chi connectivity index (χ2v) is 4.16. The lowest BCUT2D eigenvalue weighted by atomic mass is 10.2. The van der Waals surface area contributed by atoms with Crippen molar-refractivity contribution >= 4 is 40.9 Å². The number of carbonyl (C=O) groups excluding carboxylic acids is 1. The van der Waals surface area contributed by atoms with Gasteiger partial charge >= 0.3 is 0 Å². The van der Waals surface area contributed by atoms with Gasteiger partial charge in [-0.25, -0.2) is 4.39 Å². The Hall–Kier alpha value is -0.400. The molecule has 0 radical (unpaired) electrons. The Morgan fingerprint density at radius 2 is 2.19 bits per heavy atom. The van der Waals surface area contributed by atoms with E-state index in [1.807, 2.05) is 22.6 Å². The number of nitrogens with two attached hydrogens (primary N) is 1. The number of nitrogens with one attached hydrogen (secondary N) is 1. The maximum Gasteiger partial charge on any atom is 0.255 e. The molecule has 6 heteroatoms. The number of amides is 1. The van der Waals surface area contributed by atoms with Crippen molar-refractivity contribution in [1.29, 1.82) is 0 Å². The van der Waals surface area contributed by atoms with Gasteiger partial charge in [0.05, 0.1) is 5.56 Å². The van der Waals surface area contributed by atoms with E-state index in [1.165, 1.54) is 6.07 Å². The summed E-state index contributed by atoms with van der Waals surface area (Å²) >= 11 is 1.94. The summed E-state index contributed by atoms with van der Waals surface area (Å²) in [5.41, 5.74) is 5.39. The molecule has 3 N–H and O–H groups in total. The van der Waals surface area contributed by atoms with Crippen molar-refractivity contribution in [3.8, 4) is 0 Å². The summed E-state index contributed by atoms with van der Waals surface area (Å²) in [7, 11) is 0. The normalized spacial score (nSPS) is 9.44. The van der Waals surface area contributed by atoms with E-state index in [2.05, 4.69) is 5.32 Å². The fourth-order valence-electron chi connectivity index (χ4n) is 1.11. The highest BCUT2D eigenvalue weighted by Gasteiger charge is 2.14. The molecular formula is C10H13ClFIN2O. The molecule has 0 aromatic heterocycles. The molecular weight excluding hydrogens is 345 g/mol. The lowest BCUT2D eigenvalue weighted by Gasteiger charge is -2.06. The van der Waals surface area contributed by atoms with Gasteiger partial charge in [-0.05, 0) is 47.7 Å². The molecule has 0 saturated heterocycles. The van der Waals surface area contributed by atoms with Gasteiger partial charge in [-0.15, -0.1) is 12.4 Å². The van der Waals surface area contributed by atoms with Crippen LogP contribution >= 0.6 is 35.0 Å². The lowest BCUT2D eigenvalue weighted by Crippen LogP contribution is -2.27. The Balaban J connectivity index is 0.00000225. The highest BCUT2D eigenvalue weighted by atomic mass is 127. The summed E-state index contributed by atoms with van der Waals surface area (Å²) in [6, 6.07) is 4.55. The fraction of sp³-hybridized carbons (Fsp3) is 0.300.